The Kier molecular flexibility index (Phi) is 4.72. The van der Waals surface area contributed by atoms with Gasteiger partial charge in [-0.1, -0.05) is 0 Å². The number of esters is 1. The maximum Gasteiger partial charge on any atom is 0.496 e. The van der Waals surface area contributed by atoms with E-state index in [2.05, 4.69) is 0 Å². The van der Waals surface area contributed by atoms with E-state index in [-0.39, 0.29) is 12.4 Å². The number of carbonyl (C=O) groups excluding carboxylic acids is 2. The average molecular weight is 371 g/mol. The molecule has 0 aromatic carbocycles. The van der Waals surface area contributed by atoms with Crippen LogP contribution in [0.3, 0.4) is 0 Å². The second-order valence-corrected chi connectivity index (χ2v) is 7.96. The van der Waals surface area contributed by atoms with E-state index in [0.717, 1.165) is 11.0 Å². The summed E-state index contributed by atoms with van der Waals surface area (Å²) in [5.74, 6) is -0.557. The molecule has 3 rings (SSSR count). The summed E-state index contributed by atoms with van der Waals surface area (Å²) in [5, 5.41) is 0. The Hall–Kier alpha value is -2.12. The van der Waals surface area contributed by atoms with Gasteiger partial charge < -0.3 is 18.4 Å². The number of ketones is 1. The van der Waals surface area contributed by atoms with Crippen LogP contribution in [0.1, 0.15) is 68.0 Å². The number of rotatable bonds is 4. The fourth-order valence-corrected chi connectivity index (χ4v) is 3.33. The van der Waals surface area contributed by atoms with Crippen molar-refractivity contribution in [2.24, 2.45) is 0 Å². The highest BCUT2D eigenvalue weighted by Crippen LogP contribution is 2.36. The smallest absolute Gasteiger partial charge is 0.462 e. The molecule has 1 saturated heterocycles. The molecule has 1 aliphatic heterocycles. The topological polar surface area (TPSA) is 66.2 Å². The lowest BCUT2D eigenvalue weighted by molar-refractivity contribution is 0.00578. The van der Waals surface area contributed by atoms with Crippen LogP contribution >= 0.6 is 0 Å². The van der Waals surface area contributed by atoms with Crippen molar-refractivity contribution in [2.75, 3.05) is 6.61 Å². The Balaban J connectivity index is 2.14. The Morgan fingerprint density at radius 2 is 1.74 bits per heavy atom. The minimum atomic E-state index is -0.541. The van der Waals surface area contributed by atoms with Crippen LogP contribution in [0.25, 0.3) is 5.52 Å². The minimum absolute atomic E-state index is 0.125. The van der Waals surface area contributed by atoms with Crippen molar-refractivity contribution in [1.29, 1.82) is 0 Å². The van der Waals surface area contributed by atoms with Gasteiger partial charge in [0.1, 0.15) is 0 Å². The number of nitrogens with zero attached hydrogens (tertiary/aromatic N) is 1. The van der Waals surface area contributed by atoms with Gasteiger partial charge >= 0.3 is 13.1 Å². The molecular weight excluding hydrogens is 345 g/mol. The standard InChI is InChI=1S/C20H26BNO5/c1-8-25-18(24)16-10-15-9-14(11-22(15)17(12(16)2)13(3)23)21-26-19(4,5)20(6,7)27-21/h9-11H,8H2,1-7H3. The van der Waals surface area contributed by atoms with Crippen molar-refractivity contribution in [3.8, 4) is 0 Å². The van der Waals surface area contributed by atoms with Gasteiger partial charge in [0.15, 0.2) is 5.78 Å². The summed E-state index contributed by atoms with van der Waals surface area (Å²) < 4.78 is 19.2. The van der Waals surface area contributed by atoms with E-state index in [0.29, 0.717) is 16.8 Å². The molecule has 0 unspecified atom stereocenters. The fourth-order valence-electron chi connectivity index (χ4n) is 3.33. The highest BCUT2D eigenvalue weighted by molar-refractivity contribution is 6.62. The largest absolute Gasteiger partial charge is 0.496 e. The summed E-state index contributed by atoms with van der Waals surface area (Å²) in [4.78, 5) is 24.6. The van der Waals surface area contributed by atoms with E-state index >= 15 is 0 Å². The number of ether oxygens (including phenoxy) is 1. The van der Waals surface area contributed by atoms with E-state index < -0.39 is 24.3 Å². The first-order valence-electron chi connectivity index (χ1n) is 9.18. The van der Waals surface area contributed by atoms with Crippen LogP contribution in [-0.2, 0) is 14.0 Å². The molecular formula is C20H26BNO5. The van der Waals surface area contributed by atoms with Crippen molar-refractivity contribution in [2.45, 2.75) is 59.7 Å². The van der Waals surface area contributed by atoms with Gasteiger partial charge in [-0.15, -0.1) is 0 Å². The molecule has 1 fully saturated rings. The molecule has 0 spiro atoms. The third-order valence-corrected chi connectivity index (χ3v) is 5.52. The van der Waals surface area contributed by atoms with Crippen LogP contribution in [0.15, 0.2) is 18.3 Å². The normalized spacial score (nSPS) is 18.1. The molecule has 2 aromatic rings. The van der Waals surface area contributed by atoms with Crippen molar-refractivity contribution in [1.82, 2.24) is 4.40 Å². The number of aromatic nitrogens is 1. The van der Waals surface area contributed by atoms with Crippen molar-refractivity contribution < 1.29 is 23.6 Å². The molecule has 0 N–H and O–H groups in total. The summed E-state index contributed by atoms with van der Waals surface area (Å²) in [6.45, 7) is 13.3. The van der Waals surface area contributed by atoms with E-state index in [1.807, 2.05) is 40.0 Å². The van der Waals surface area contributed by atoms with Gasteiger partial charge in [-0.3, -0.25) is 4.79 Å². The second-order valence-electron chi connectivity index (χ2n) is 7.96. The first kappa shape index (κ1) is 19.6. The van der Waals surface area contributed by atoms with Crippen LogP contribution in [0.4, 0.5) is 0 Å². The van der Waals surface area contributed by atoms with Gasteiger partial charge in [0.05, 0.1) is 29.1 Å². The molecule has 3 heterocycles. The number of Topliss-reactive ketones (excluding diaryl/α,β-unsaturated/α-hetero) is 1. The molecule has 0 atom stereocenters. The molecule has 2 aromatic heterocycles. The average Bonchev–Trinajstić information content (AvgIpc) is 3.04. The lowest BCUT2D eigenvalue weighted by Gasteiger charge is -2.32. The number of fused-ring (bicyclic) bond motifs is 1. The molecule has 27 heavy (non-hydrogen) atoms. The van der Waals surface area contributed by atoms with E-state index in [1.165, 1.54) is 6.92 Å². The summed E-state index contributed by atoms with van der Waals surface area (Å²) in [7, 11) is -0.541. The molecule has 7 heteroatoms. The van der Waals surface area contributed by atoms with E-state index in [4.69, 9.17) is 14.0 Å². The fraction of sp³-hybridized carbons (Fsp3) is 0.500. The Bertz CT molecular complexity index is 912. The van der Waals surface area contributed by atoms with Crippen molar-refractivity contribution >= 4 is 29.9 Å². The predicted octanol–water partition coefficient (Wildman–Crippen LogP) is 2.93. The summed E-state index contributed by atoms with van der Waals surface area (Å²) in [6, 6.07) is 3.63. The van der Waals surface area contributed by atoms with E-state index in [9.17, 15) is 9.59 Å². The minimum Gasteiger partial charge on any atom is -0.462 e. The van der Waals surface area contributed by atoms with Crippen LogP contribution < -0.4 is 5.46 Å². The zero-order chi connectivity index (χ0) is 20.1. The molecule has 0 aliphatic carbocycles. The van der Waals surface area contributed by atoms with Gasteiger partial charge in [0.2, 0.25) is 0 Å². The van der Waals surface area contributed by atoms with Gasteiger partial charge in [-0.2, -0.15) is 0 Å². The maximum atomic E-state index is 12.3. The SMILES string of the molecule is CCOC(=O)c1cc2cc(B3OC(C)(C)C(C)(C)O3)cn2c(C(C)=O)c1C. The molecule has 1 aliphatic rings. The Morgan fingerprint density at radius 3 is 2.26 bits per heavy atom. The highest BCUT2D eigenvalue weighted by Gasteiger charge is 2.52. The lowest BCUT2D eigenvalue weighted by atomic mass is 9.81. The second kappa shape index (κ2) is 6.50. The summed E-state index contributed by atoms with van der Waals surface area (Å²) in [5.41, 5.74) is 2.06. The predicted molar refractivity (Wildman–Crippen MR) is 104 cm³/mol. The van der Waals surface area contributed by atoms with Crippen LogP contribution in [0.2, 0.25) is 0 Å². The van der Waals surface area contributed by atoms with Gasteiger partial charge in [-0.25, -0.2) is 4.79 Å². The zero-order valence-electron chi connectivity index (χ0n) is 17.0. The number of carbonyl (C=O) groups is 2. The number of hydrogen-bond acceptors (Lipinski definition) is 5. The van der Waals surface area contributed by atoms with Crippen molar-refractivity contribution in [3.05, 3.63) is 35.2 Å². The number of pyridine rings is 1. The van der Waals surface area contributed by atoms with Gasteiger partial charge in [-0.05, 0) is 59.2 Å². The van der Waals surface area contributed by atoms with Gasteiger partial charge in [0.25, 0.3) is 0 Å². The summed E-state index contributed by atoms with van der Waals surface area (Å²) >= 11 is 0. The Morgan fingerprint density at radius 1 is 1.15 bits per heavy atom. The van der Waals surface area contributed by atoms with Crippen molar-refractivity contribution in [3.63, 3.8) is 0 Å². The maximum absolute atomic E-state index is 12.3. The van der Waals surface area contributed by atoms with Crippen LogP contribution in [0.5, 0.6) is 0 Å². The van der Waals surface area contributed by atoms with Crippen LogP contribution in [-0.4, -0.2) is 41.1 Å². The summed E-state index contributed by atoms with van der Waals surface area (Å²) in [6.07, 6.45) is 1.84. The Labute approximate surface area is 159 Å². The highest BCUT2D eigenvalue weighted by atomic mass is 16.7. The van der Waals surface area contributed by atoms with Gasteiger partial charge in [0, 0.05) is 24.1 Å². The monoisotopic (exact) mass is 371 g/mol. The molecule has 6 nitrogen and oxygen atoms in total. The third-order valence-electron chi connectivity index (χ3n) is 5.52. The molecule has 0 radical (unpaired) electrons. The number of hydrogen-bond donors (Lipinski definition) is 0. The quantitative estimate of drug-likeness (QED) is 0.470. The molecule has 0 bridgehead atoms. The van der Waals surface area contributed by atoms with Crippen LogP contribution in [0, 0.1) is 6.92 Å². The molecule has 0 amide bonds. The first-order chi connectivity index (χ1) is 12.5. The molecule has 144 valence electrons. The lowest BCUT2D eigenvalue weighted by Crippen LogP contribution is -2.41. The third kappa shape index (κ3) is 3.19. The zero-order valence-corrected chi connectivity index (χ0v) is 17.0. The first-order valence-corrected chi connectivity index (χ1v) is 9.18. The molecule has 0 saturated carbocycles. The van der Waals surface area contributed by atoms with E-state index in [1.54, 1.807) is 24.3 Å².